The van der Waals surface area contributed by atoms with Crippen molar-refractivity contribution in [2.45, 2.75) is 37.4 Å². The van der Waals surface area contributed by atoms with Crippen LogP contribution < -0.4 is 0 Å². The van der Waals surface area contributed by atoms with Crippen LogP contribution in [0.1, 0.15) is 34.6 Å². The maximum atomic E-state index is 14.6. The van der Waals surface area contributed by atoms with Crippen LogP contribution in [0, 0.1) is 11.6 Å². The van der Waals surface area contributed by atoms with E-state index in [4.69, 9.17) is 0 Å². The molecule has 1 aliphatic rings. The Labute approximate surface area is 187 Å². The van der Waals surface area contributed by atoms with Crippen LogP contribution in [0.2, 0.25) is 0 Å². The van der Waals surface area contributed by atoms with Gasteiger partial charge in [-0.1, -0.05) is 0 Å². The van der Waals surface area contributed by atoms with Gasteiger partial charge in [0.25, 0.3) is 11.8 Å². The van der Waals surface area contributed by atoms with Gasteiger partial charge in [-0.15, -0.1) is 4.80 Å². The van der Waals surface area contributed by atoms with Crippen molar-refractivity contribution in [1.29, 1.82) is 0 Å². The average Bonchev–Trinajstić information content (AvgIpc) is 3.38. The summed E-state index contributed by atoms with van der Waals surface area (Å²) in [5.41, 5.74) is -2.15. The molecule has 180 valence electrons. The number of aromatic nitrogens is 5. The summed E-state index contributed by atoms with van der Waals surface area (Å²) >= 11 is 0. The van der Waals surface area contributed by atoms with E-state index in [-0.39, 0.29) is 12.2 Å². The van der Waals surface area contributed by atoms with Gasteiger partial charge in [-0.25, -0.2) is 27.5 Å². The van der Waals surface area contributed by atoms with Gasteiger partial charge in [0.1, 0.15) is 17.3 Å². The molecule has 3 heterocycles. The zero-order chi connectivity index (χ0) is 24.7. The molecule has 0 spiro atoms. The number of nitrogens with zero attached hydrogens (tertiary/aromatic N) is 6. The summed E-state index contributed by atoms with van der Waals surface area (Å²) in [5.74, 6) is -6.81. The topological polar surface area (TPSA) is 76.8 Å². The second kappa shape index (κ2) is 8.65. The van der Waals surface area contributed by atoms with Gasteiger partial charge in [0, 0.05) is 37.8 Å². The molecule has 7 nitrogen and oxygen atoms in total. The molecule has 0 bridgehead atoms. The number of amides is 1. The molecule has 3 aromatic rings. The normalized spacial score (nSPS) is 17.9. The first-order chi connectivity index (χ1) is 16.0. The van der Waals surface area contributed by atoms with Crippen molar-refractivity contribution in [3.63, 3.8) is 0 Å². The molecule has 4 rings (SSSR count). The summed E-state index contributed by atoms with van der Waals surface area (Å²) in [6.07, 6.45) is -2.55. The van der Waals surface area contributed by atoms with Gasteiger partial charge in [-0.3, -0.25) is 4.79 Å². The minimum absolute atomic E-state index is 0.124. The van der Waals surface area contributed by atoms with Crippen molar-refractivity contribution in [3.05, 3.63) is 65.5 Å². The maximum absolute atomic E-state index is 14.6. The summed E-state index contributed by atoms with van der Waals surface area (Å²) in [6, 6.07) is -0.486. The van der Waals surface area contributed by atoms with Crippen molar-refractivity contribution >= 4 is 5.91 Å². The number of benzene rings is 1. The Kier molecular flexibility index (Phi) is 6.00. The minimum atomic E-state index is -4.65. The van der Waals surface area contributed by atoms with E-state index in [1.807, 2.05) is 0 Å². The van der Waals surface area contributed by atoms with E-state index < -0.39 is 71.9 Å². The number of hydrogen-bond donors (Lipinski definition) is 0. The number of aryl methyl sites for hydroxylation is 1. The fraction of sp³-hybridized carbons (Fsp3) is 0.350. The highest BCUT2D eigenvalue weighted by atomic mass is 19.4. The van der Waals surface area contributed by atoms with Crippen LogP contribution in [0.5, 0.6) is 0 Å². The molecule has 0 unspecified atom stereocenters. The predicted molar refractivity (Wildman–Crippen MR) is 101 cm³/mol. The van der Waals surface area contributed by atoms with E-state index in [2.05, 4.69) is 20.2 Å². The summed E-state index contributed by atoms with van der Waals surface area (Å²) in [4.78, 5) is 21.8. The lowest BCUT2D eigenvalue weighted by Crippen LogP contribution is -2.43. The quantitative estimate of drug-likeness (QED) is 0.511. The molecule has 1 amide bonds. The number of halogens is 7. The second-order valence-electron chi connectivity index (χ2n) is 7.55. The van der Waals surface area contributed by atoms with E-state index in [1.54, 1.807) is 0 Å². The van der Waals surface area contributed by atoms with Crippen molar-refractivity contribution < 1.29 is 35.5 Å². The molecule has 0 radical (unpaired) electrons. The van der Waals surface area contributed by atoms with Crippen LogP contribution in [0.25, 0.3) is 5.69 Å². The Morgan fingerprint density at radius 3 is 2.35 bits per heavy atom. The van der Waals surface area contributed by atoms with Crippen LogP contribution in [0.3, 0.4) is 0 Å². The minimum Gasteiger partial charge on any atom is -0.329 e. The number of carbonyl (C=O) groups is 1. The van der Waals surface area contributed by atoms with E-state index in [9.17, 15) is 35.5 Å². The van der Waals surface area contributed by atoms with Crippen LogP contribution in [-0.4, -0.2) is 54.3 Å². The molecule has 1 aromatic carbocycles. The fourth-order valence-electron chi connectivity index (χ4n) is 3.74. The number of hydrogen-bond acceptors (Lipinski definition) is 5. The van der Waals surface area contributed by atoms with Crippen molar-refractivity contribution in [2.24, 2.45) is 0 Å². The molecular formula is C20H15F7N6O. The number of carbonyl (C=O) groups excluding carboxylic acids is 1. The third kappa shape index (κ3) is 4.56. The maximum Gasteiger partial charge on any atom is 0.419 e. The highest BCUT2D eigenvalue weighted by Crippen LogP contribution is 2.38. The van der Waals surface area contributed by atoms with Gasteiger partial charge in [0.2, 0.25) is 0 Å². The molecule has 1 atom stereocenters. The highest BCUT2D eigenvalue weighted by molar-refractivity contribution is 5.98. The Bertz CT molecular complexity index is 1180. The lowest BCUT2D eigenvalue weighted by Gasteiger charge is -2.28. The molecule has 0 aliphatic carbocycles. The Morgan fingerprint density at radius 2 is 1.74 bits per heavy atom. The number of likely N-dealkylation sites (tertiary alicyclic amines) is 1. The fourth-order valence-corrected chi connectivity index (χ4v) is 3.74. The molecular weight excluding hydrogens is 473 g/mol. The van der Waals surface area contributed by atoms with Gasteiger partial charge in [-0.05, 0) is 12.5 Å². The highest BCUT2D eigenvalue weighted by Gasteiger charge is 2.50. The van der Waals surface area contributed by atoms with Gasteiger partial charge in [0.15, 0.2) is 5.82 Å². The van der Waals surface area contributed by atoms with Crippen LogP contribution in [-0.2, 0) is 12.6 Å². The van der Waals surface area contributed by atoms with Gasteiger partial charge < -0.3 is 4.90 Å². The predicted octanol–water partition coefficient (Wildman–Crippen LogP) is 3.84. The molecule has 34 heavy (non-hydrogen) atoms. The molecule has 0 saturated carbocycles. The summed E-state index contributed by atoms with van der Waals surface area (Å²) < 4.78 is 95.7. The van der Waals surface area contributed by atoms with Crippen molar-refractivity contribution in [3.8, 4) is 5.69 Å². The van der Waals surface area contributed by atoms with Gasteiger partial charge >= 0.3 is 6.18 Å². The lowest BCUT2D eigenvalue weighted by atomic mass is 10.0. The second-order valence-corrected chi connectivity index (χ2v) is 7.55. The molecule has 1 saturated heterocycles. The summed E-state index contributed by atoms with van der Waals surface area (Å²) in [6.45, 7) is -0.408. The molecule has 0 N–H and O–H groups in total. The number of alkyl halides is 5. The summed E-state index contributed by atoms with van der Waals surface area (Å²) in [5, 5.41) is 7.44. The molecule has 1 aliphatic heterocycles. The average molecular weight is 488 g/mol. The van der Waals surface area contributed by atoms with E-state index in [0.717, 1.165) is 9.70 Å². The summed E-state index contributed by atoms with van der Waals surface area (Å²) in [7, 11) is 0. The third-order valence-corrected chi connectivity index (χ3v) is 5.36. The molecule has 2 aromatic heterocycles. The largest absolute Gasteiger partial charge is 0.419 e. The van der Waals surface area contributed by atoms with Crippen LogP contribution in [0.4, 0.5) is 30.7 Å². The van der Waals surface area contributed by atoms with E-state index in [1.165, 1.54) is 12.4 Å². The Morgan fingerprint density at radius 1 is 1.09 bits per heavy atom. The SMILES string of the molecule is O=C(c1cc(F)cc(F)c1-n1nccn1)N1CCC(F)(F)[C@H]1CCc1ncc(C(F)(F)F)cn1. The zero-order valence-corrected chi connectivity index (χ0v) is 17.1. The first kappa shape index (κ1) is 23.6. The first-order valence-electron chi connectivity index (χ1n) is 9.90. The molecule has 1 fully saturated rings. The van der Waals surface area contributed by atoms with Crippen LogP contribution in [0.15, 0.2) is 36.9 Å². The van der Waals surface area contributed by atoms with Crippen molar-refractivity contribution in [1.82, 2.24) is 29.9 Å². The standard InChI is InChI=1S/C20H15F7N6O/c21-12-7-13(17(14(22)8-12)33-30-4-5-31-33)18(34)32-6-3-19(23,24)15(32)1-2-16-28-9-11(10-29-16)20(25,26)27/h4-5,7-10,15H,1-3,6H2/t15-/m1/s1. The van der Waals surface area contributed by atoms with Gasteiger partial charge in [-0.2, -0.15) is 23.4 Å². The third-order valence-electron chi connectivity index (χ3n) is 5.36. The zero-order valence-electron chi connectivity index (χ0n) is 17.1. The van der Waals surface area contributed by atoms with Crippen molar-refractivity contribution in [2.75, 3.05) is 6.54 Å². The lowest BCUT2D eigenvalue weighted by molar-refractivity contribution is -0.138. The number of rotatable bonds is 5. The van der Waals surface area contributed by atoms with E-state index in [0.29, 0.717) is 24.5 Å². The Hall–Kier alpha value is -3.58. The van der Waals surface area contributed by atoms with Crippen LogP contribution >= 0.6 is 0 Å². The van der Waals surface area contributed by atoms with Gasteiger partial charge in [0.05, 0.1) is 29.6 Å². The monoisotopic (exact) mass is 488 g/mol. The Balaban J connectivity index is 1.60. The first-order valence-corrected chi connectivity index (χ1v) is 9.90. The van der Waals surface area contributed by atoms with E-state index >= 15 is 0 Å². The molecule has 14 heteroatoms. The smallest absolute Gasteiger partial charge is 0.329 e.